The molecule has 0 aliphatic heterocycles. The van der Waals surface area contributed by atoms with Crippen LogP contribution < -0.4 is 9.62 Å². The fraction of sp³-hybridized carbons (Fsp3) is 0.310. The van der Waals surface area contributed by atoms with Crippen molar-refractivity contribution in [3.8, 4) is 0 Å². The third kappa shape index (κ3) is 7.97. The molecule has 0 spiro atoms. The molecule has 2 amide bonds. The van der Waals surface area contributed by atoms with Crippen LogP contribution in [0.1, 0.15) is 31.9 Å². The topological polar surface area (TPSA) is 86.8 Å². The third-order valence-corrected chi connectivity index (χ3v) is 8.43. The maximum atomic E-state index is 13.9. The van der Waals surface area contributed by atoms with E-state index in [-0.39, 0.29) is 34.0 Å². The summed E-state index contributed by atoms with van der Waals surface area (Å²) >= 11 is 12.5. The first-order valence-electron chi connectivity index (χ1n) is 12.6. The lowest BCUT2D eigenvalue weighted by atomic mass is 10.1. The van der Waals surface area contributed by atoms with Gasteiger partial charge in [0.05, 0.1) is 15.6 Å². The maximum absolute atomic E-state index is 13.9. The largest absolute Gasteiger partial charge is 0.354 e. The Kier molecular flexibility index (Phi) is 10.4. The number of sulfonamides is 1. The maximum Gasteiger partial charge on any atom is 0.264 e. The number of rotatable bonds is 11. The Balaban J connectivity index is 2.03. The minimum atomic E-state index is -4.21. The highest BCUT2D eigenvalue weighted by Crippen LogP contribution is 2.33. The minimum absolute atomic E-state index is 0.00312. The van der Waals surface area contributed by atoms with Gasteiger partial charge >= 0.3 is 0 Å². The van der Waals surface area contributed by atoms with Crippen molar-refractivity contribution >= 4 is 50.7 Å². The minimum Gasteiger partial charge on any atom is -0.354 e. The van der Waals surface area contributed by atoms with Crippen LogP contribution in [-0.4, -0.2) is 44.3 Å². The van der Waals surface area contributed by atoms with Gasteiger partial charge in [-0.05, 0) is 55.7 Å². The van der Waals surface area contributed by atoms with Crippen LogP contribution in [0.15, 0.2) is 77.7 Å². The monoisotopic (exact) mass is 589 g/mol. The van der Waals surface area contributed by atoms with Crippen LogP contribution in [0.5, 0.6) is 0 Å². The Bertz CT molecular complexity index is 1400. The van der Waals surface area contributed by atoms with Crippen LogP contribution >= 0.6 is 23.2 Å². The number of benzene rings is 3. The van der Waals surface area contributed by atoms with Crippen molar-refractivity contribution in [1.82, 2.24) is 10.2 Å². The molecule has 0 heterocycles. The molecule has 1 N–H and O–H groups in total. The van der Waals surface area contributed by atoms with E-state index in [1.165, 1.54) is 35.2 Å². The lowest BCUT2D eigenvalue weighted by Gasteiger charge is -2.32. The average molecular weight is 591 g/mol. The smallest absolute Gasteiger partial charge is 0.264 e. The summed E-state index contributed by atoms with van der Waals surface area (Å²) in [7, 11) is -4.21. The van der Waals surface area contributed by atoms with Gasteiger partial charge in [-0.1, -0.05) is 85.1 Å². The summed E-state index contributed by atoms with van der Waals surface area (Å²) in [6, 6.07) is 18.9. The number of carbonyl (C=O) groups is 2. The molecule has 0 aliphatic carbocycles. The SMILES string of the molecule is Cc1ccc(CN(C(=O)CN(c2ccc(Cl)cc2Cl)S(=O)(=O)c2ccccc2)[C@@H](C)C(=O)NCC(C)C)cc1. The summed E-state index contributed by atoms with van der Waals surface area (Å²) in [6.07, 6.45) is 0. The van der Waals surface area contributed by atoms with E-state index in [1.54, 1.807) is 25.1 Å². The zero-order chi connectivity index (χ0) is 28.7. The third-order valence-electron chi connectivity index (χ3n) is 6.11. The number of amides is 2. The number of anilines is 1. The Morgan fingerprint density at radius 3 is 2.15 bits per heavy atom. The van der Waals surface area contributed by atoms with Gasteiger partial charge in [0.1, 0.15) is 12.6 Å². The van der Waals surface area contributed by atoms with Gasteiger partial charge in [0.25, 0.3) is 10.0 Å². The number of nitrogens with zero attached hydrogens (tertiary/aromatic N) is 2. The number of hydrogen-bond acceptors (Lipinski definition) is 4. The van der Waals surface area contributed by atoms with Gasteiger partial charge < -0.3 is 10.2 Å². The van der Waals surface area contributed by atoms with E-state index < -0.39 is 28.5 Å². The second-order valence-electron chi connectivity index (χ2n) is 9.74. The highest BCUT2D eigenvalue weighted by molar-refractivity contribution is 7.92. The first kappa shape index (κ1) is 30.5. The molecule has 10 heteroatoms. The standard InChI is InChI=1S/C29H33Cl2N3O4S/c1-20(2)17-32-29(36)22(4)33(18-23-12-10-21(3)11-13-23)28(35)19-34(27-15-14-24(30)16-26(27)31)39(37,38)25-8-6-5-7-9-25/h5-16,20,22H,17-19H2,1-4H3,(H,32,36)/t22-/m0/s1. The molecule has 208 valence electrons. The molecule has 0 aromatic heterocycles. The molecular formula is C29H33Cl2N3O4S. The van der Waals surface area contributed by atoms with Crippen LogP contribution in [0, 0.1) is 12.8 Å². The van der Waals surface area contributed by atoms with Gasteiger partial charge in [-0.25, -0.2) is 8.42 Å². The summed E-state index contributed by atoms with van der Waals surface area (Å²) < 4.78 is 28.5. The Morgan fingerprint density at radius 2 is 1.56 bits per heavy atom. The molecule has 7 nitrogen and oxygen atoms in total. The molecule has 0 bridgehead atoms. The van der Waals surface area contributed by atoms with Crippen LogP contribution in [0.3, 0.4) is 0 Å². The number of aryl methyl sites for hydroxylation is 1. The average Bonchev–Trinajstić information content (AvgIpc) is 2.90. The Labute approximate surface area is 240 Å². The highest BCUT2D eigenvalue weighted by Gasteiger charge is 2.33. The Morgan fingerprint density at radius 1 is 0.923 bits per heavy atom. The first-order valence-corrected chi connectivity index (χ1v) is 14.7. The van der Waals surface area contributed by atoms with Crippen molar-refractivity contribution in [3.63, 3.8) is 0 Å². The molecular weight excluding hydrogens is 557 g/mol. The molecule has 0 fully saturated rings. The molecule has 0 unspecified atom stereocenters. The predicted octanol–water partition coefficient (Wildman–Crippen LogP) is 5.69. The second kappa shape index (κ2) is 13.3. The van der Waals surface area contributed by atoms with Crippen LogP contribution in [0.4, 0.5) is 5.69 Å². The van der Waals surface area contributed by atoms with Crippen molar-refractivity contribution in [2.45, 2.75) is 45.2 Å². The van der Waals surface area contributed by atoms with Gasteiger partial charge in [0, 0.05) is 18.1 Å². The van der Waals surface area contributed by atoms with Gasteiger partial charge in [-0.3, -0.25) is 13.9 Å². The van der Waals surface area contributed by atoms with Crippen LogP contribution in [0.2, 0.25) is 10.0 Å². The molecule has 0 aliphatic rings. The lowest BCUT2D eigenvalue weighted by molar-refractivity contribution is -0.139. The second-order valence-corrected chi connectivity index (χ2v) is 12.4. The summed E-state index contributed by atoms with van der Waals surface area (Å²) in [6.45, 7) is 7.52. The van der Waals surface area contributed by atoms with E-state index in [9.17, 15) is 18.0 Å². The van der Waals surface area contributed by atoms with Crippen molar-refractivity contribution in [2.24, 2.45) is 5.92 Å². The molecule has 0 saturated carbocycles. The van der Waals surface area contributed by atoms with E-state index in [4.69, 9.17) is 23.2 Å². The van der Waals surface area contributed by atoms with E-state index in [0.717, 1.165) is 15.4 Å². The quantitative estimate of drug-likeness (QED) is 0.311. The fourth-order valence-corrected chi connectivity index (χ4v) is 5.86. The van der Waals surface area contributed by atoms with Crippen molar-refractivity contribution in [1.29, 1.82) is 0 Å². The van der Waals surface area contributed by atoms with E-state index >= 15 is 0 Å². The molecule has 3 aromatic carbocycles. The van der Waals surface area contributed by atoms with E-state index in [1.807, 2.05) is 45.0 Å². The van der Waals surface area contributed by atoms with Crippen molar-refractivity contribution in [3.05, 3.63) is 94.0 Å². The first-order chi connectivity index (χ1) is 18.4. The van der Waals surface area contributed by atoms with Gasteiger partial charge in [0.15, 0.2) is 0 Å². The zero-order valence-corrected chi connectivity index (χ0v) is 24.7. The van der Waals surface area contributed by atoms with Crippen LogP contribution in [-0.2, 0) is 26.2 Å². The van der Waals surface area contributed by atoms with Gasteiger partial charge in [0.2, 0.25) is 11.8 Å². The summed E-state index contributed by atoms with van der Waals surface area (Å²) in [5, 5.41) is 3.26. The lowest BCUT2D eigenvalue weighted by Crippen LogP contribution is -2.51. The number of hydrogen-bond donors (Lipinski definition) is 1. The molecule has 0 saturated heterocycles. The number of nitrogens with one attached hydrogen (secondary N) is 1. The molecule has 0 radical (unpaired) electrons. The van der Waals surface area contributed by atoms with Crippen molar-refractivity contribution < 1.29 is 18.0 Å². The van der Waals surface area contributed by atoms with Crippen LogP contribution in [0.25, 0.3) is 0 Å². The highest BCUT2D eigenvalue weighted by atomic mass is 35.5. The van der Waals surface area contributed by atoms with Gasteiger partial charge in [-0.2, -0.15) is 0 Å². The molecule has 1 atom stereocenters. The number of halogens is 2. The molecule has 3 rings (SSSR count). The molecule has 39 heavy (non-hydrogen) atoms. The fourth-order valence-electron chi connectivity index (χ4n) is 3.84. The summed E-state index contributed by atoms with van der Waals surface area (Å²) in [5.74, 6) is -0.666. The van der Waals surface area contributed by atoms with Crippen molar-refractivity contribution in [2.75, 3.05) is 17.4 Å². The normalized spacial score (nSPS) is 12.2. The summed E-state index contributed by atoms with van der Waals surface area (Å²) in [4.78, 5) is 28.3. The molecule has 3 aromatic rings. The Hall–Kier alpha value is -3.07. The van der Waals surface area contributed by atoms with Gasteiger partial charge in [-0.15, -0.1) is 0 Å². The zero-order valence-electron chi connectivity index (χ0n) is 22.4. The number of carbonyl (C=O) groups excluding carboxylic acids is 2. The van der Waals surface area contributed by atoms with E-state index in [0.29, 0.717) is 11.6 Å². The van der Waals surface area contributed by atoms with E-state index in [2.05, 4.69) is 5.32 Å². The predicted molar refractivity (Wildman–Crippen MR) is 156 cm³/mol. The summed E-state index contributed by atoms with van der Waals surface area (Å²) in [5.41, 5.74) is 1.96.